The van der Waals surface area contributed by atoms with E-state index in [9.17, 15) is 0 Å². The first-order valence-electron chi connectivity index (χ1n) is 5.54. The number of epoxide rings is 1. The average Bonchev–Trinajstić information content (AvgIpc) is 3.13. The maximum absolute atomic E-state index is 5.69. The van der Waals surface area contributed by atoms with Gasteiger partial charge >= 0.3 is 8.80 Å². The lowest BCUT2D eigenvalue weighted by Crippen LogP contribution is -2.43. The Hall–Kier alpha value is 0.234. The lowest BCUT2D eigenvalue weighted by Gasteiger charge is -2.25. The van der Waals surface area contributed by atoms with Gasteiger partial charge in [-0.3, -0.25) is 0 Å². The van der Waals surface area contributed by atoms with Crippen molar-refractivity contribution in [2.75, 3.05) is 34.5 Å². The highest BCUT2D eigenvalue weighted by molar-refractivity contribution is 6.60. The van der Waals surface area contributed by atoms with E-state index in [1.54, 1.807) is 21.3 Å². The van der Waals surface area contributed by atoms with Gasteiger partial charge in [0.05, 0.1) is 13.2 Å². The van der Waals surface area contributed by atoms with E-state index >= 15 is 0 Å². The van der Waals surface area contributed by atoms with Crippen molar-refractivity contribution in [2.45, 2.75) is 24.3 Å². The lowest BCUT2D eigenvalue weighted by atomic mass is 10.5. The Bertz CT molecular complexity index is 188. The van der Waals surface area contributed by atoms with Gasteiger partial charge in [0.15, 0.2) is 0 Å². The molecule has 7 heteroatoms. The summed E-state index contributed by atoms with van der Waals surface area (Å²) >= 11 is 0. The van der Waals surface area contributed by atoms with Crippen molar-refractivity contribution in [2.24, 2.45) is 0 Å². The molecule has 1 aliphatic rings. The topological polar surface area (TPSA) is 49.5 Å². The predicted octanol–water partition coefficient (Wildman–Crippen LogP) is -0.639. The molecule has 2 atom stereocenters. The Morgan fingerprint density at radius 1 is 1.31 bits per heavy atom. The van der Waals surface area contributed by atoms with Gasteiger partial charge < -0.3 is 22.8 Å². The maximum Gasteiger partial charge on any atom is 0.500 e. The summed E-state index contributed by atoms with van der Waals surface area (Å²) in [4.78, 5) is 0. The van der Waals surface area contributed by atoms with Crippen molar-refractivity contribution >= 4 is 19.0 Å². The molecule has 0 bridgehead atoms. The first kappa shape index (κ1) is 14.3. The monoisotopic (exact) mass is 266 g/mol. The molecule has 0 aliphatic carbocycles. The minimum absolute atomic E-state index is 0.316. The van der Waals surface area contributed by atoms with E-state index in [-0.39, 0.29) is 0 Å². The van der Waals surface area contributed by atoms with Crippen LogP contribution in [-0.4, -0.2) is 65.4 Å². The molecule has 0 aromatic heterocycles. The number of hydrogen-bond acceptors (Lipinski definition) is 5. The molecular weight excluding hydrogens is 244 g/mol. The second-order valence-electron chi connectivity index (χ2n) is 3.93. The van der Waals surface area contributed by atoms with Crippen LogP contribution in [-0.2, 0) is 22.8 Å². The standard InChI is InChI=1S/C9H22O5Si2/c1-10-16(11-2,12-3)5-4-9(15)14-7-8-6-13-8/h8-9H,4-7H2,1-3,15H3. The van der Waals surface area contributed by atoms with Crippen LogP contribution < -0.4 is 0 Å². The summed E-state index contributed by atoms with van der Waals surface area (Å²) in [7, 11) is 3.51. The van der Waals surface area contributed by atoms with Gasteiger partial charge in [-0.15, -0.1) is 0 Å². The van der Waals surface area contributed by atoms with E-state index in [4.69, 9.17) is 22.8 Å². The molecule has 1 heterocycles. The van der Waals surface area contributed by atoms with Crippen LogP contribution in [0.2, 0.25) is 6.04 Å². The molecule has 5 nitrogen and oxygen atoms in total. The molecular formula is C9H22O5Si2. The van der Waals surface area contributed by atoms with Crippen LogP contribution in [0.15, 0.2) is 0 Å². The third kappa shape index (κ3) is 4.62. The zero-order valence-corrected chi connectivity index (χ0v) is 13.5. The normalized spacial score (nSPS) is 22.3. The first-order chi connectivity index (χ1) is 7.65. The fraction of sp³-hybridized carbons (Fsp3) is 1.00. The summed E-state index contributed by atoms with van der Waals surface area (Å²) in [6, 6.07) is 0.802. The summed E-state index contributed by atoms with van der Waals surface area (Å²) < 4.78 is 26.8. The molecule has 16 heavy (non-hydrogen) atoms. The molecule has 1 rings (SSSR count). The minimum atomic E-state index is -2.41. The molecule has 0 spiro atoms. The Balaban J connectivity index is 2.18. The van der Waals surface area contributed by atoms with Gasteiger partial charge in [-0.05, 0) is 6.42 Å². The molecule has 96 valence electrons. The summed E-state index contributed by atoms with van der Waals surface area (Å²) in [5.74, 6) is 0. The van der Waals surface area contributed by atoms with E-state index in [1.165, 1.54) is 0 Å². The summed E-state index contributed by atoms with van der Waals surface area (Å²) in [5, 5.41) is 0. The summed E-state index contributed by atoms with van der Waals surface area (Å²) in [5.41, 5.74) is 0.316. The third-order valence-electron chi connectivity index (χ3n) is 2.76. The van der Waals surface area contributed by atoms with E-state index in [0.717, 1.165) is 35.9 Å². The van der Waals surface area contributed by atoms with E-state index < -0.39 is 8.80 Å². The Morgan fingerprint density at radius 2 is 1.88 bits per heavy atom. The van der Waals surface area contributed by atoms with Crippen molar-refractivity contribution in [1.29, 1.82) is 0 Å². The molecule has 0 amide bonds. The second kappa shape index (κ2) is 6.85. The highest BCUT2D eigenvalue weighted by Gasteiger charge is 2.37. The molecule has 1 fully saturated rings. The van der Waals surface area contributed by atoms with Gasteiger partial charge in [-0.25, -0.2) is 0 Å². The van der Waals surface area contributed by atoms with Gasteiger partial charge in [0, 0.05) is 43.3 Å². The highest BCUT2D eigenvalue weighted by atomic mass is 28.4. The smallest absolute Gasteiger partial charge is 0.380 e. The number of hydrogen-bond donors (Lipinski definition) is 0. The van der Waals surface area contributed by atoms with Crippen LogP contribution in [0.4, 0.5) is 0 Å². The molecule has 1 aliphatic heterocycles. The average molecular weight is 266 g/mol. The summed E-state index contributed by atoms with van der Waals surface area (Å²) in [6.45, 7) is 1.57. The van der Waals surface area contributed by atoms with Crippen LogP contribution in [0.3, 0.4) is 0 Å². The first-order valence-corrected chi connectivity index (χ1v) is 8.63. The Labute approximate surface area is 101 Å². The number of rotatable bonds is 9. The number of ether oxygens (including phenoxy) is 2. The SMILES string of the molecule is CO[Si](CCC([SiH3])OCC1CO1)(OC)OC. The van der Waals surface area contributed by atoms with E-state index in [0.29, 0.717) is 11.8 Å². The zero-order valence-electron chi connectivity index (χ0n) is 10.5. The van der Waals surface area contributed by atoms with Crippen molar-refractivity contribution in [3.8, 4) is 0 Å². The van der Waals surface area contributed by atoms with Crippen molar-refractivity contribution in [3.63, 3.8) is 0 Å². The van der Waals surface area contributed by atoms with Crippen LogP contribution in [0.25, 0.3) is 0 Å². The van der Waals surface area contributed by atoms with Gasteiger partial charge in [0.25, 0.3) is 0 Å². The quantitative estimate of drug-likeness (QED) is 0.410. The van der Waals surface area contributed by atoms with Gasteiger partial charge in [-0.1, -0.05) is 0 Å². The largest absolute Gasteiger partial charge is 0.500 e. The molecule has 2 unspecified atom stereocenters. The molecule has 0 radical (unpaired) electrons. The highest BCUT2D eigenvalue weighted by Crippen LogP contribution is 2.17. The molecule has 0 aromatic carbocycles. The van der Waals surface area contributed by atoms with Gasteiger partial charge in [-0.2, -0.15) is 0 Å². The van der Waals surface area contributed by atoms with Crippen LogP contribution in [0, 0.1) is 0 Å². The van der Waals surface area contributed by atoms with Crippen LogP contribution in [0.1, 0.15) is 6.42 Å². The molecule has 1 saturated heterocycles. The molecule has 0 saturated carbocycles. The summed E-state index contributed by atoms with van der Waals surface area (Å²) in [6.07, 6.45) is 1.27. The second-order valence-corrected chi connectivity index (χ2v) is 8.31. The van der Waals surface area contributed by atoms with Crippen molar-refractivity contribution in [3.05, 3.63) is 0 Å². The Morgan fingerprint density at radius 3 is 2.31 bits per heavy atom. The Kier molecular flexibility index (Phi) is 6.12. The fourth-order valence-electron chi connectivity index (χ4n) is 1.46. The minimum Gasteiger partial charge on any atom is -0.380 e. The van der Waals surface area contributed by atoms with Gasteiger partial charge in [0.2, 0.25) is 0 Å². The zero-order chi connectivity index (χ0) is 12.0. The van der Waals surface area contributed by atoms with E-state index in [1.807, 2.05) is 0 Å². The van der Waals surface area contributed by atoms with Crippen molar-refractivity contribution < 1.29 is 22.8 Å². The molecule has 0 N–H and O–H groups in total. The lowest BCUT2D eigenvalue weighted by molar-refractivity contribution is 0.0797. The van der Waals surface area contributed by atoms with Crippen LogP contribution >= 0.6 is 0 Å². The third-order valence-corrected chi connectivity index (χ3v) is 6.44. The fourth-order valence-corrected chi connectivity index (χ4v) is 4.39. The predicted molar refractivity (Wildman–Crippen MR) is 65.6 cm³/mol. The maximum atomic E-state index is 5.69. The van der Waals surface area contributed by atoms with Crippen LogP contribution in [0.5, 0.6) is 0 Å². The van der Waals surface area contributed by atoms with Crippen molar-refractivity contribution in [1.82, 2.24) is 0 Å². The molecule has 0 aromatic rings. The van der Waals surface area contributed by atoms with E-state index in [2.05, 4.69) is 0 Å². The van der Waals surface area contributed by atoms with Gasteiger partial charge in [0.1, 0.15) is 6.10 Å².